The van der Waals surface area contributed by atoms with E-state index < -0.39 is 5.54 Å². The number of likely N-dealkylation sites (tertiary alicyclic amines) is 1. The van der Waals surface area contributed by atoms with Crippen LogP contribution in [-0.2, 0) is 4.79 Å². The number of hydrogen-bond acceptors (Lipinski definition) is 3. The van der Waals surface area contributed by atoms with Gasteiger partial charge in [0.15, 0.2) is 0 Å². The molecule has 1 amide bonds. The fourth-order valence-corrected chi connectivity index (χ4v) is 3.29. The summed E-state index contributed by atoms with van der Waals surface area (Å²) in [6.07, 6.45) is 3.51. The summed E-state index contributed by atoms with van der Waals surface area (Å²) in [5.41, 5.74) is 5.17. The van der Waals surface area contributed by atoms with Crippen molar-refractivity contribution in [3.63, 3.8) is 0 Å². The molecule has 4 nitrogen and oxygen atoms in total. The zero-order chi connectivity index (χ0) is 13.3. The van der Waals surface area contributed by atoms with Gasteiger partial charge in [-0.15, -0.1) is 0 Å². The third-order valence-electron chi connectivity index (χ3n) is 4.88. The van der Waals surface area contributed by atoms with E-state index in [-0.39, 0.29) is 5.91 Å². The van der Waals surface area contributed by atoms with Crippen molar-refractivity contribution in [1.29, 1.82) is 0 Å². The number of likely N-dealkylation sites (N-methyl/N-ethyl adjacent to an activating group) is 1. The largest absolute Gasteiger partial charge is 0.368 e. The number of carbonyl (C=O) groups excluding carboxylic acids is 1. The summed E-state index contributed by atoms with van der Waals surface area (Å²) in [5.74, 6) is 1.76. The molecule has 104 valence electrons. The lowest BCUT2D eigenvalue weighted by Gasteiger charge is -2.34. The Balaban J connectivity index is 2.00. The van der Waals surface area contributed by atoms with Crippen LogP contribution >= 0.6 is 0 Å². The van der Waals surface area contributed by atoms with Crippen LogP contribution in [0, 0.1) is 17.8 Å². The Kier molecular flexibility index (Phi) is 3.97. The predicted octanol–water partition coefficient (Wildman–Crippen LogP) is 0.818. The van der Waals surface area contributed by atoms with E-state index in [1.165, 1.54) is 6.42 Å². The van der Waals surface area contributed by atoms with Crippen LogP contribution in [0.5, 0.6) is 0 Å². The van der Waals surface area contributed by atoms with E-state index in [9.17, 15) is 4.79 Å². The topological polar surface area (TPSA) is 58.4 Å². The molecule has 0 aromatic heterocycles. The lowest BCUT2D eigenvalue weighted by Crippen LogP contribution is -2.61. The molecule has 3 N–H and O–H groups in total. The van der Waals surface area contributed by atoms with Crippen LogP contribution in [0.1, 0.15) is 33.1 Å². The van der Waals surface area contributed by atoms with Gasteiger partial charge < -0.3 is 16.0 Å². The molecule has 2 rings (SSSR count). The lowest BCUT2D eigenvalue weighted by molar-refractivity contribution is -0.126. The third-order valence-corrected chi connectivity index (χ3v) is 4.88. The SMILES string of the molecule is CNC(CN1CCC(C(C)C)C1)(C(N)=O)C1CC1. The van der Waals surface area contributed by atoms with Crippen LogP contribution in [0.4, 0.5) is 0 Å². The van der Waals surface area contributed by atoms with Gasteiger partial charge in [-0.1, -0.05) is 13.8 Å². The van der Waals surface area contributed by atoms with Crippen molar-refractivity contribution in [2.45, 2.75) is 38.6 Å². The molecular weight excluding hydrogens is 226 g/mol. The molecule has 0 bridgehead atoms. The van der Waals surface area contributed by atoms with E-state index in [4.69, 9.17) is 5.73 Å². The zero-order valence-corrected chi connectivity index (χ0v) is 11.9. The Bertz CT molecular complexity index is 314. The molecule has 0 aromatic carbocycles. The van der Waals surface area contributed by atoms with E-state index in [1.807, 2.05) is 7.05 Å². The maximum Gasteiger partial charge on any atom is 0.239 e. The predicted molar refractivity (Wildman–Crippen MR) is 73.1 cm³/mol. The minimum absolute atomic E-state index is 0.180. The van der Waals surface area contributed by atoms with Crippen molar-refractivity contribution in [3.8, 4) is 0 Å². The molecule has 1 saturated carbocycles. The van der Waals surface area contributed by atoms with Gasteiger partial charge >= 0.3 is 0 Å². The Hall–Kier alpha value is -0.610. The first-order valence-electron chi connectivity index (χ1n) is 7.20. The highest BCUT2D eigenvalue weighted by Crippen LogP contribution is 2.40. The number of primary amides is 1. The number of rotatable bonds is 6. The van der Waals surface area contributed by atoms with Crippen LogP contribution in [0.15, 0.2) is 0 Å². The molecule has 4 heteroatoms. The van der Waals surface area contributed by atoms with Gasteiger partial charge in [-0.05, 0) is 50.6 Å². The van der Waals surface area contributed by atoms with E-state index in [0.29, 0.717) is 5.92 Å². The molecule has 1 aliphatic carbocycles. The molecule has 1 aliphatic heterocycles. The summed E-state index contributed by atoms with van der Waals surface area (Å²) in [6, 6.07) is 0. The summed E-state index contributed by atoms with van der Waals surface area (Å²) in [5, 5.41) is 3.23. The number of nitrogens with zero attached hydrogens (tertiary/aromatic N) is 1. The molecule has 1 heterocycles. The van der Waals surface area contributed by atoms with Crippen LogP contribution in [-0.4, -0.2) is 43.0 Å². The monoisotopic (exact) mass is 253 g/mol. The Morgan fingerprint density at radius 3 is 2.50 bits per heavy atom. The highest BCUT2D eigenvalue weighted by Gasteiger charge is 2.50. The van der Waals surface area contributed by atoms with Gasteiger partial charge in [-0.25, -0.2) is 0 Å². The van der Waals surface area contributed by atoms with Gasteiger partial charge in [0, 0.05) is 13.1 Å². The molecule has 18 heavy (non-hydrogen) atoms. The molecule has 2 unspecified atom stereocenters. The Labute approximate surface area is 110 Å². The van der Waals surface area contributed by atoms with E-state index >= 15 is 0 Å². The summed E-state index contributed by atoms with van der Waals surface area (Å²) in [6.45, 7) is 7.57. The molecule has 0 aromatic rings. The van der Waals surface area contributed by atoms with Gasteiger partial charge in [-0.2, -0.15) is 0 Å². The summed E-state index contributed by atoms with van der Waals surface area (Å²) >= 11 is 0. The van der Waals surface area contributed by atoms with Crippen LogP contribution in [0.3, 0.4) is 0 Å². The molecular formula is C14H27N3O. The Morgan fingerprint density at radius 2 is 2.11 bits per heavy atom. The number of carbonyl (C=O) groups is 1. The molecule has 2 aliphatic rings. The minimum Gasteiger partial charge on any atom is -0.368 e. The summed E-state index contributed by atoms with van der Waals surface area (Å²) in [4.78, 5) is 14.3. The number of amides is 1. The first-order valence-corrected chi connectivity index (χ1v) is 7.20. The number of nitrogens with one attached hydrogen (secondary N) is 1. The van der Waals surface area contributed by atoms with E-state index in [2.05, 4.69) is 24.1 Å². The van der Waals surface area contributed by atoms with Crippen molar-refractivity contribution in [2.24, 2.45) is 23.5 Å². The molecule has 2 fully saturated rings. The third kappa shape index (κ3) is 2.54. The van der Waals surface area contributed by atoms with Gasteiger partial charge in [0.25, 0.3) is 0 Å². The van der Waals surface area contributed by atoms with Gasteiger partial charge in [-0.3, -0.25) is 4.79 Å². The Morgan fingerprint density at radius 1 is 1.44 bits per heavy atom. The fraction of sp³-hybridized carbons (Fsp3) is 0.929. The van der Waals surface area contributed by atoms with E-state index in [1.54, 1.807) is 0 Å². The number of hydrogen-bond donors (Lipinski definition) is 2. The average Bonchev–Trinajstić information content (AvgIpc) is 3.05. The van der Waals surface area contributed by atoms with Gasteiger partial charge in [0.1, 0.15) is 5.54 Å². The van der Waals surface area contributed by atoms with E-state index in [0.717, 1.165) is 44.3 Å². The first-order chi connectivity index (χ1) is 8.49. The number of nitrogens with two attached hydrogens (primary N) is 1. The maximum absolute atomic E-state index is 11.9. The summed E-state index contributed by atoms with van der Waals surface area (Å²) < 4.78 is 0. The molecule has 0 radical (unpaired) electrons. The van der Waals surface area contributed by atoms with Crippen LogP contribution in [0.2, 0.25) is 0 Å². The highest BCUT2D eigenvalue weighted by molar-refractivity contribution is 5.86. The zero-order valence-electron chi connectivity index (χ0n) is 11.9. The van der Waals surface area contributed by atoms with Crippen molar-refractivity contribution in [2.75, 3.05) is 26.7 Å². The van der Waals surface area contributed by atoms with Crippen LogP contribution in [0.25, 0.3) is 0 Å². The van der Waals surface area contributed by atoms with Gasteiger partial charge in [0.2, 0.25) is 5.91 Å². The summed E-state index contributed by atoms with van der Waals surface area (Å²) in [7, 11) is 1.87. The van der Waals surface area contributed by atoms with Crippen LogP contribution < -0.4 is 11.1 Å². The van der Waals surface area contributed by atoms with Gasteiger partial charge in [0.05, 0.1) is 0 Å². The van der Waals surface area contributed by atoms with Crippen molar-refractivity contribution >= 4 is 5.91 Å². The highest BCUT2D eigenvalue weighted by atomic mass is 16.1. The normalized spacial score (nSPS) is 28.6. The standard InChI is InChI=1S/C14H27N3O/c1-10(2)11-6-7-17(8-11)9-14(16-3,13(15)18)12-4-5-12/h10-12,16H,4-9H2,1-3H3,(H2,15,18). The molecule has 0 spiro atoms. The average molecular weight is 253 g/mol. The van der Waals surface area contributed by atoms with Crippen molar-refractivity contribution in [3.05, 3.63) is 0 Å². The second kappa shape index (κ2) is 5.17. The van der Waals surface area contributed by atoms with Crippen molar-refractivity contribution < 1.29 is 4.79 Å². The first kappa shape index (κ1) is 13.8. The second-order valence-corrected chi connectivity index (χ2v) is 6.39. The molecule has 2 atom stereocenters. The molecule has 1 saturated heterocycles. The lowest BCUT2D eigenvalue weighted by atomic mass is 9.91. The second-order valence-electron chi connectivity index (χ2n) is 6.39. The minimum atomic E-state index is -0.494. The smallest absolute Gasteiger partial charge is 0.239 e. The van der Waals surface area contributed by atoms with Crippen molar-refractivity contribution in [1.82, 2.24) is 10.2 Å². The quantitative estimate of drug-likeness (QED) is 0.737. The fourth-order valence-electron chi connectivity index (χ4n) is 3.29. The maximum atomic E-state index is 11.9.